The van der Waals surface area contributed by atoms with Crippen molar-refractivity contribution in [1.29, 1.82) is 0 Å². The fourth-order valence-electron chi connectivity index (χ4n) is 2.71. The van der Waals surface area contributed by atoms with E-state index in [1.807, 2.05) is 0 Å². The minimum Gasteiger partial charge on any atom is -0.309 e. The molecule has 0 bridgehead atoms. The summed E-state index contributed by atoms with van der Waals surface area (Å²) >= 11 is 1.62. The van der Waals surface area contributed by atoms with E-state index in [0.29, 0.717) is 0 Å². The van der Waals surface area contributed by atoms with E-state index in [2.05, 4.69) is 11.4 Å². The van der Waals surface area contributed by atoms with Gasteiger partial charge in [0.2, 0.25) is 0 Å². The van der Waals surface area contributed by atoms with E-state index < -0.39 is 23.5 Å². The molecule has 0 fully saturated rings. The van der Waals surface area contributed by atoms with Crippen molar-refractivity contribution in [2.45, 2.75) is 25.3 Å². The van der Waals surface area contributed by atoms with Crippen molar-refractivity contribution in [2.24, 2.45) is 0 Å². The van der Waals surface area contributed by atoms with Crippen molar-refractivity contribution in [1.82, 2.24) is 5.32 Å². The summed E-state index contributed by atoms with van der Waals surface area (Å²) in [6.07, 6.45) is 3.25. The molecule has 1 aromatic heterocycles. The van der Waals surface area contributed by atoms with E-state index in [1.54, 1.807) is 18.4 Å². The maximum absolute atomic E-state index is 13.9. The molecule has 20 heavy (non-hydrogen) atoms. The Hall–Kier alpha value is -1.33. The first-order chi connectivity index (χ1) is 9.61. The number of hydrogen-bond donors (Lipinski definition) is 1. The van der Waals surface area contributed by atoms with Crippen molar-refractivity contribution in [3.63, 3.8) is 0 Å². The van der Waals surface area contributed by atoms with Crippen LogP contribution in [0.5, 0.6) is 0 Å². The molecule has 0 aliphatic heterocycles. The van der Waals surface area contributed by atoms with E-state index in [1.165, 1.54) is 16.5 Å². The molecule has 1 aliphatic rings. The summed E-state index contributed by atoms with van der Waals surface area (Å²) in [5.41, 5.74) is 1.44. The van der Waals surface area contributed by atoms with E-state index in [4.69, 9.17) is 0 Å². The zero-order valence-electron chi connectivity index (χ0n) is 11.0. The Morgan fingerprint density at radius 2 is 1.95 bits per heavy atom. The van der Waals surface area contributed by atoms with E-state index in [9.17, 15) is 13.2 Å². The topological polar surface area (TPSA) is 12.0 Å². The molecule has 0 saturated heterocycles. The average Bonchev–Trinajstić information content (AvgIpc) is 3.00. The summed E-state index contributed by atoms with van der Waals surface area (Å²) in [4.78, 5) is 2.27. The predicted molar refractivity (Wildman–Crippen MR) is 73.6 cm³/mol. The van der Waals surface area contributed by atoms with Gasteiger partial charge in [-0.05, 0) is 44.0 Å². The van der Waals surface area contributed by atoms with Gasteiger partial charge in [0, 0.05) is 15.3 Å². The number of fused-ring (bicyclic) bond motifs is 1. The normalized spacial score (nSPS) is 15.4. The third kappa shape index (κ3) is 2.15. The lowest BCUT2D eigenvalue weighted by Gasteiger charge is -2.16. The van der Waals surface area contributed by atoms with Gasteiger partial charge < -0.3 is 5.32 Å². The highest BCUT2D eigenvalue weighted by Gasteiger charge is 2.24. The standard InChI is InChI=1S/C15H14F3NS/c1-19-15(9-5-6-10(16)14(18)13(9)17)12-7-8-3-2-4-11(8)20-12/h5-7,15,19H,2-4H2,1H3. The van der Waals surface area contributed by atoms with Gasteiger partial charge in [-0.3, -0.25) is 0 Å². The van der Waals surface area contributed by atoms with E-state index in [-0.39, 0.29) is 5.56 Å². The van der Waals surface area contributed by atoms with Gasteiger partial charge in [0.15, 0.2) is 17.5 Å². The predicted octanol–water partition coefficient (Wildman–Crippen LogP) is 3.96. The third-order valence-corrected chi connectivity index (χ3v) is 5.02. The second-order valence-electron chi connectivity index (χ2n) is 4.94. The second-order valence-corrected chi connectivity index (χ2v) is 6.11. The van der Waals surface area contributed by atoms with Crippen LogP contribution in [0.2, 0.25) is 0 Å². The lowest BCUT2D eigenvalue weighted by molar-refractivity contribution is 0.435. The van der Waals surface area contributed by atoms with Crippen LogP contribution in [-0.2, 0) is 12.8 Å². The molecule has 0 radical (unpaired) electrons. The van der Waals surface area contributed by atoms with Crippen molar-refractivity contribution >= 4 is 11.3 Å². The van der Waals surface area contributed by atoms with Crippen LogP contribution in [0.1, 0.15) is 33.3 Å². The van der Waals surface area contributed by atoms with Crippen molar-refractivity contribution in [3.05, 3.63) is 56.5 Å². The van der Waals surface area contributed by atoms with Crippen LogP contribution in [0.25, 0.3) is 0 Å². The summed E-state index contributed by atoms with van der Waals surface area (Å²) in [5.74, 6) is -3.68. The highest BCUT2D eigenvalue weighted by Crippen LogP contribution is 2.37. The highest BCUT2D eigenvalue weighted by molar-refractivity contribution is 7.12. The Kier molecular flexibility index (Phi) is 3.56. The Bertz CT molecular complexity index is 629. The second kappa shape index (κ2) is 5.22. The molecular weight excluding hydrogens is 283 g/mol. The number of benzene rings is 1. The van der Waals surface area contributed by atoms with Crippen LogP contribution in [0.15, 0.2) is 18.2 Å². The molecule has 1 nitrogen and oxygen atoms in total. The van der Waals surface area contributed by atoms with E-state index in [0.717, 1.165) is 30.2 Å². The van der Waals surface area contributed by atoms with Crippen LogP contribution in [0, 0.1) is 17.5 Å². The molecule has 3 rings (SSSR count). The lowest BCUT2D eigenvalue weighted by Crippen LogP contribution is -2.18. The summed E-state index contributed by atoms with van der Waals surface area (Å²) in [6.45, 7) is 0. The Labute approximate surface area is 119 Å². The zero-order chi connectivity index (χ0) is 14.3. The molecule has 1 heterocycles. The van der Waals surface area contributed by atoms with Crippen molar-refractivity contribution < 1.29 is 13.2 Å². The largest absolute Gasteiger partial charge is 0.309 e. The molecule has 1 N–H and O–H groups in total. The SMILES string of the molecule is CNC(c1cc2c(s1)CCC2)c1ccc(F)c(F)c1F. The van der Waals surface area contributed by atoms with Crippen LogP contribution < -0.4 is 5.32 Å². The number of hydrogen-bond acceptors (Lipinski definition) is 2. The Morgan fingerprint density at radius 1 is 1.15 bits per heavy atom. The smallest absolute Gasteiger partial charge is 0.194 e. The van der Waals surface area contributed by atoms with Gasteiger partial charge >= 0.3 is 0 Å². The van der Waals surface area contributed by atoms with Gasteiger partial charge in [-0.1, -0.05) is 6.07 Å². The van der Waals surface area contributed by atoms with Gasteiger partial charge in [-0.15, -0.1) is 11.3 Å². The fraction of sp³-hybridized carbons (Fsp3) is 0.333. The summed E-state index contributed by atoms with van der Waals surface area (Å²) < 4.78 is 40.4. The Morgan fingerprint density at radius 3 is 2.65 bits per heavy atom. The molecule has 0 spiro atoms. The van der Waals surface area contributed by atoms with Crippen LogP contribution in [0.4, 0.5) is 13.2 Å². The fourth-order valence-corrected chi connectivity index (χ4v) is 4.10. The average molecular weight is 297 g/mol. The highest BCUT2D eigenvalue weighted by atomic mass is 32.1. The first-order valence-electron chi connectivity index (χ1n) is 6.54. The minimum absolute atomic E-state index is 0.145. The van der Waals surface area contributed by atoms with Gasteiger partial charge in [0.05, 0.1) is 6.04 Å². The maximum Gasteiger partial charge on any atom is 0.194 e. The third-order valence-electron chi connectivity index (χ3n) is 3.71. The van der Waals surface area contributed by atoms with Crippen molar-refractivity contribution in [3.8, 4) is 0 Å². The Balaban J connectivity index is 2.03. The van der Waals surface area contributed by atoms with E-state index >= 15 is 0 Å². The first kappa shape index (κ1) is 13.6. The number of rotatable bonds is 3. The van der Waals surface area contributed by atoms with Crippen LogP contribution in [0.3, 0.4) is 0 Å². The maximum atomic E-state index is 13.9. The van der Waals surface area contributed by atoms with Gasteiger partial charge in [0.25, 0.3) is 0 Å². The first-order valence-corrected chi connectivity index (χ1v) is 7.35. The number of halogens is 3. The number of thiophene rings is 1. The van der Waals surface area contributed by atoms with Gasteiger partial charge in [-0.2, -0.15) is 0 Å². The molecule has 0 amide bonds. The number of nitrogens with one attached hydrogen (secondary N) is 1. The molecular formula is C15H14F3NS. The van der Waals surface area contributed by atoms with Gasteiger partial charge in [-0.25, -0.2) is 13.2 Å². The van der Waals surface area contributed by atoms with Gasteiger partial charge in [0.1, 0.15) is 0 Å². The molecule has 1 unspecified atom stereocenters. The molecule has 1 aliphatic carbocycles. The molecule has 1 aromatic carbocycles. The zero-order valence-corrected chi connectivity index (χ0v) is 11.8. The molecule has 1 atom stereocenters. The van der Waals surface area contributed by atoms with Crippen LogP contribution >= 0.6 is 11.3 Å². The molecule has 5 heteroatoms. The molecule has 2 aromatic rings. The molecule has 106 valence electrons. The summed E-state index contributed by atoms with van der Waals surface area (Å²) in [5, 5.41) is 2.99. The minimum atomic E-state index is -1.41. The quantitative estimate of drug-likeness (QED) is 0.846. The lowest BCUT2D eigenvalue weighted by atomic mass is 10.0. The molecule has 0 saturated carbocycles. The summed E-state index contributed by atoms with van der Waals surface area (Å²) in [7, 11) is 1.69. The van der Waals surface area contributed by atoms with Crippen molar-refractivity contribution in [2.75, 3.05) is 7.05 Å². The summed E-state index contributed by atoms with van der Waals surface area (Å²) in [6, 6.07) is 3.88. The monoisotopic (exact) mass is 297 g/mol. The number of aryl methyl sites for hydroxylation is 2. The van der Waals surface area contributed by atoms with Crippen LogP contribution in [-0.4, -0.2) is 7.05 Å².